The van der Waals surface area contributed by atoms with Gasteiger partial charge < -0.3 is 14.3 Å². The zero-order valence-corrected chi connectivity index (χ0v) is 11.5. The Morgan fingerprint density at radius 1 is 1.52 bits per heavy atom. The van der Waals surface area contributed by atoms with E-state index >= 15 is 0 Å². The highest BCUT2D eigenvalue weighted by molar-refractivity contribution is 7.99. The van der Waals surface area contributed by atoms with Crippen LogP contribution in [0.3, 0.4) is 0 Å². The number of methoxy groups -OCH3 is 1. The molecular formula is C11H9N3O6S. The van der Waals surface area contributed by atoms with Crippen molar-refractivity contribution in [1.29, 1.82) is 0 Å². The molecule has 10 heteroatoms. The molecule has 1 aromatic carbocycles. The summed E-state index contributed by atoms with van der Waals surface area (Å²) in [7, 11) is 1.33. The predicted octanol–water partition coefficient (Wildman–Crippen LogP) is 1.83. The number of nitro benzene ring substituents is 1. The molecule has 0 saturated carbocycles. The van der Waals surface area contributed by atoms with Gasteiger partial charge in [0.05, 0.1) is 12.0 Å². The fourth-order valence-electron chi connectivity index (χ4n) is 1.47. The number of rotatable bonds is 6. The summed E-state index contributed by atoms with van der Waals surface area (Å²) in [5.41, 5.74) is 0.116. The number of carbonyl (C=O) groups is 1. The van der Waals surface area contributed by atoms with Crippen LogP contribution in [0.2, 0.25) is 0 Å². The molecule has 0 fully saturated rings. The monoisotopic (exact) mass is 311 g/mol. The molecule has 0 aliphatic heterocycles. The molecule has 9 nitrogen and oxygen atoms in total. The quantitative estimate of drug-likeness (QED) is 0.482. The van der Waals surface area contributed by atoms with Crippen LogP contribution in [0.15, 0.2) is 27.8 Å². The minimum absolute atomic E-state index is 0.0636. The van der Waals surface area contributed by atoms with Gasteiger partial charge in [0.2, 0.25) is 5.89 Å². The molecule has 1 heterocycles. The Morgan fingerprint density at radius 2 is 2.29 bits per heavy atom. The SMILES string of the molecule is COc1ccc(-c2nnc(SCC(=O)O)o2)cc1[N+](=O)[O-]. The highest BCUT2D eigenvalue weighted by atomic mass is 32.2. The minimum atomic E-state index is -1.01. The van der Waals surface area contributed by atoms with Crippen molar-refractivity contribution in [1.82, 2.24) is 10.2 Å². The molecular weight excluding hydrogens is 302 g/mol. The van der Waals surface area contributed by atoms with E-state index in [4.69, 9.17) is 14.3 Å². The second-order valence-electron chi connectivity index (χ2n) is 3.70. The van der Waals surface area contributed by atoms with Crippen LogP contribution < -0.4 is 4.74 Å². The van der Waals surface area contributed by atoms with Crippen molar-refractivity contribution in [2.45, 2.75) is 5.22 Å². The Hall–Kier alpha value is -2.62. The Balaban J connectivity index is 2.28. The number of benzene rings is 1. The van der Waals surface area contributed by atoms with Crippen molar-refractivity contribution < 1.29 is 24.0 Å². The van der Waals surface area contributed by atoms with Crippen LogP contribution in [-0.2, 0) is 4.79 Å². The maximum atomic E-state index is 10.9. The summed E-state index contributed by atoms with van der Waals surface area (Å²) in [6.45, 7) is 0. The molecule has 2 aromatic rings. The molecule has 0 amide bonds. The second-order valence-corrected chi connectivity index (χ2v) is 4.63. The first kappa shape index (κ1) is 14.8. The molecule has 2 rings (SSSR count). The van der Waals surface area contributed by atoms with Gasteiger partial charge in [0.15, 0.2) is 5.75 Å². The van der Waals surface area contributed by atoms with Gasteiger partial charge in [-0.05, 0) is 12.1 Å². The lowest BCUT2D eigenvalue weighted by molar-refractivity contribution is -0.385. The molecule has 0 aliphatic rings. The highest BCUT2D eigenvalue weighted by Crippen LogP contribution is 2.32. The average molecular weight is 311 g/mol. The van der Waals surface area contributed by atoms with Gasteiger partial charge in [-0.15, -0.1) is 10.2 Å². The first-order chi connectivity index (χ1) is 10.0. The topological polar surface area (TPSA) is 129 Å². The summed E-state index contributed by atoms with van der Waals surface area (Å²) < 4.78 is 10.1. The summed E-state index contributed by atoms with van der Waals surface area (Å²) in [6, 6.07) is 4.20. The summed E-state index contributed by atoms with van der Waals surface area (Å²) >= 11 is 0.864. The van der Waals surface area contributed by atoms with Gasteiger partial charge in [0.25, 0.3) is 5.22 Å². The largest absolute Gasteiger partial charge is 0.490 e. The van der Waals surface area contributed by atoms with Crippen molar-refractivity contribution in [3.05, 3.63) is 28.3 Å². The number of nitrogens with zero attached hydrogens (tertiary/aromatic N) is 3. The van der Waals surface area contributed by atoms with Crippen LogP contribution in [0.1, 0.15) is 0 Å². The second kappa shape index (κ2) is 6.22. The number of nitro groups is 1. The van der Waals surface area contributed by atoms with E-state index in [1.54, 1.807) is 0 Å². The predicted molar refractivity (Wildman–Crippen MR) is 71.3 cm³/mol. The third kappa shape index (κ3) is 3.48. The van der Waals surface area contributed by atoms with E-state index in [9.17, 15) is 14.9 Å². The van der Waals surface area contributed by atoms with E-state index in [-0.39, 0.29) is 28.3 Å². The van der Waals surface area contributed by atoms with Gasteiger partial charge in [0, 0.05) is 11.6 Å². The molecule has 21 heavy (non-hydrogen) atoms. The number of carboxylic acids is 1. The van der Waals surface area contributed by atoms with Gasteiger partial charge in [0.1, 0.15) is 5.75 Å². The Morgan fingerprint density at radius 3 is 2.90 bits per heavy atom. The molecule has 1 aromatic heterocycles. The van der Waals surface area contributed by atoms with Crippen molar-refractivity contribution in [3.8, 4) is 17.2 Å². The number of aromatic nitrogens is 2. The van der Waals surface area contributed by atoms with Crippen molar-refractivity contribution in [2.24, 2.45) is 0 Å². The van der Waals surface area contributed by atoms with Crippen molar-refractivity contribution >= 4 is 23.4 Å². The lowest BCUT2D eigenvalue weighted by atomic mass is 10.2. The van der Waals surface area contributed by atoms with Gasteiger partial charge in [-0.2, -0.15) is 0 Å². The molecule has 1 N–H and O–H groups in total. The van der Waals surface area contributed by atoms with Crippen LogP contribution in [0, 0.1) is 10.1 Å². The lowest BCUT2D eigenvalue weighted by Gasteiger charge is -2.02. The Labute approximate surface area is 122 Å². The highest BCUT2D eigenvalue weighted by Gasteiger charge is 2.18. The van der Waals surface area contributed by atoms with Crippen LogP contribution in [0.4, 0.5) is 5.69 Å². The third-order valence-electron chi connectivity index (χ3n) is 2.35. The van der Waals surface area contributed by atoms with Gasteiger partial charge in [-0.25, -0.2) is 0 Å². The fraction of sp³-hybridized carbons (Fsp3) is 0.182. The molecule has 0 saturated heterocycles. The van der Waals surface area contributed by atoms with Crippen LogP contribution >= 0.6 is 11.8 Å². The van der Waals surface area contributed by atoms with Crippen LogP contribution in [0.25, 0.3) is 11.5 Å². The van der Waals surface area contributed by atoms with Crippen molar-refractivity contribution in [3.63, 3.8) is 0 Å². The fourth-order valence-corrected chi connectivity index (χ4v) is 1.96. The zero-order chi connectivity index (χ0) is 15.4. The smallest absolute Gasteiger partial charge is 0.314 e. The first-order valence-electron chi connectivity index (χ1n) is 5.52. The molecule has 110 valence electrons. The van der Waals surface area contributed by atoms with E-state index in [1.807, 2.05) is 0 Å². The average Bonchev–Trinajstić information content (AvgIpc) is 2.93. The molecule has 0 bridgehead atoms. The van der Waals surface area contributed by atoms with E-state index in [0.717, 1.165) is 11.8 Å². The molecule has 0 aliphatic carbocycles. The maximum absolute atomic E-state index is 10.9. The minimum Gasteiger partial charge on any atom is -0.490 e. The number of thioether (sulfide) groups is 1. The zero-order valence-electron chi connectivity index (χ0n) is 10.7. The first-order valence-corrected chi connectivity index (χ1v) is 6.50. The lowest BCUT2D eigenvalue weighted by Crippen LogP contribution is -1.97. The van der Waals surface area contributed by atoms with Gasteiger partial charge in [-0.3, -0.25) is 14.9 Å². The maximum Gasteiger partial charge on any atom is 0.314 e. The number of hydrogen-bond acceptors (Lipinski definition) is 8. The summed E-state index contributed by atoms with van der Waals surface area (Å²) in [5.74, 6) is -1.05. The van der Waals surface area contributed by atoms with E-state index in [2.05, 4.69) is 10.2 Å². The van der Waals surface area contributed by atoms with Gasteiger partial charge >= 0.3 is 11.7 Å². The Bertz CT molecular complexity index is 686. The summed E-state index contributed by atoms with van der Waals surface area (Å²) in [6.07, 6.45) is 0. The number of carboxylic acid groups (broad SMARTS) is 1. The molecule has 0 unspecified atom stereocenters. The Kier molecular flexibility index (Phi) is 4.38. The van der Waals surface area contributed by atoms with Gasteiger partial charge in [-0.1, -0.05) is 11.8 Å². The van der Waals surface area contributed by atoms with Crippen LogP contribution in [0.5, 0.6) is 5.75 Å². The number of ether oxygens (including phenoxy) is 1. The van der Waals surface area contributed by atoms with Crippen LogP contribution in [-0.4, -0.2) is 39.1 Å². The van der Waals surface area contributed by atoms with E-state index in [1.165, 1.54) is 25.3 Å². The summed E-state index contributed by atoms with van der Waals surface area (Å²) in [4.78, 5) is 20.8. The standard InChI is InChI=1S/C11H9N3O6S/c1-19-8-3-2-6(4-7(8)14(17)18)10-12-13-11(20-10)21-5-9(15)16/h2-4H,5H2,1H3,(H,15,16). The summed E-state index contributed by atoms with van der Waals surface area (Å²) in [5, 5.41) is 27.0. The normalized spacial score (nSPS) is 10.3. The molecule has 0 radical (unpaired) electrons. The van der Waals surface area contributed by atoms with E-state index in [0.29, 0.717) is 5.56 Å². The number of hydrogen-bond donors (Lipinski definition) is 1. The third-order valence-corrected chi connectivity index (χ3v) is 3.15. The van der Waals surface area contributed by atoms with E-state index < -0.39 is 10.9 Å². The molecule has 0 atom stereocenters. The molecule has 0 spiro atoms. The van der Waals surface area contributed by atoms with Crippen molar-refractivity contribution in [2.75, 3.05) is 12.9 Å². The number of aliphatic carboxylic acids is 1.